The fourth-order valence-corrected chi connectivity index (χ4v) is 3.19. The van der Waals surface area contributed by atoms with Crippen molar-refractivity contribution >= 4 is 11.9 Å². The Morgan fingerprint density at radius 1 is 1.22 bits per heavy atom. The van der Waals surface area contributed by atoms with Crippen molar-refractivity contribution in [2.24, 2.45) is 10.8 Å². The van der Waals surface area contributed by atoms with E-state index in [-0.39, 0.29) is 17.4 Å². The highest BCUT2D eigenvalue weighted by atomic mass is 16.6. The van der Waals surface area contributed by atoms with Crippen molar-refractivity contribution in [1.82, 2.24) is 5.32 Å². The zero-order valence-corrected chi connectivity index (χ0v) is 12.1. The average molecular weight is 253 g/mol. The zero-order valence-electron chi connectivity index (χ0n) is 12.1. The first-order chi connectivity index (χ1) is 7.96. The van der Waals surface area contributed by atoms with E-state index in [1.807, 2.05) is 41.5 Å². The molecular weight excluding hydrogens is 230 g/mol. The van der Waals surface area contributed by atoms with E-state index >= 15 is 0 Å². The van der Waals surface area contributed by atoms with Crippen molar-refractivity contribution in [2.45, 2.75) is 65.5 Å². The number of carbonyl (C=O) groups is 2. The third-order valence-electron chi connectivity index (χ3n) is 4.94. The van der Waals surface area contributed by atoms with Crippen LogP contribution in [0.2, 0.25) is 0 Å². The van der Waals surface area contributed by atoms with Gasteiger partial charge in [0.2, 0.25) is 0 Å². The smallest absolute Gasteiger partial charge is 0.313 e. The average Bonchev–Trinajstić information content (AvgIpc) is 2.45. The van der Waals surface area contributed by atoms with Gasteiger partial charge >= 0.3 is 5.97 Å². The minimum atomic E-state index is -0.994. The normalized spacial score (nSPS) is 37.6. The third kappa shape index (κ3) is 1.38. The fraction of sp³-hybridized carbons (Fsp3) is 0.857. The van der Waals surface area contributed by atoms with E-state index < -0.39 is 16.4 Å². The molecule has 0 spiro atoms. The number of esters is 1. The molecule has 1 saturated carbocycles. The SMILES string of the molecule is CC(C)(C)NC(=O)[C@]12CC[C@](C)(C(=O)O1)C2(C)C. The molecule has 1 aliphatic heterocycles. The highest BCUT2D eigenvalue weighted by molar-refractivity contribution is 5.96. The molecule has 0 unspecified atom stereocenters. The standard InChI is InChI=1S/C14H23NO3/c1-11(2,3)15-9(16)14-8-7-13(6,10(17)18-14)12(14,4)5/h7-8H2,1-6H3,(H,15,16)/t13-,14+/m1/s1. The molecular formula is C14H23NO3. The van der Waals surface area contributed by atoms with Crippen LogP contribution in [-0.4, -0.2) is 23.0 Å². The quantitative estimate of drug-likeness (QED) is 0.727. The maximum absolute atomic E-state index is 12.6. The second-order valence-corrected chi connectivity index (χ2v) is 7.38. The van der Waals surface area contributed by atoms with Crippen LogP contribution in [0.1, 0.15) is 54.4 Å². The Hall–Kier alpha value is -1.06. The predicted octanol–water partition coefficient (Wildman–Crippen LogP) is 2.02. The molecule has 0 aromatic carbocycles. The monoisotopic (exact) mass is 253 g/mol. The van der Waals surface area contributed by atoms with Crippen molar-refractivity contribution in [3.05, 3.63) is 0 Å². The molecule has 0 radical (unpaired) electrons. The molecule has 2 bridgehead atoms. The molecule has 2 fully saturated rings. The van der Waals surface area contributed by atoms with Gasteiger partial charge in [0.1, 0.15) is 0 Å². The van der Waals surface area contributed by atoms with Crippen molar-refractivity contribution in [3.8, 4) is 0 Å². The van der Waals surface area contributed by atoms with Crippen molar-refractivity contribution < 1.29 is 14.3 Å². The number of carbonyl (C=O) groups excluding carboxylic acids is 2. The summed E-state index contributed by atoms with van der Waals surface area (Å²) in [5, 5.41) is 2.96. The van der Waals surface area contributed by atoms with Crippen LogP contribution >= 0.6 is 0 Å². The maximum atomic E-state index is 12.6. The van der Waals surface area contributed by atoms with E-state index in [4.69, 9.17) is 4.74 Å². The number of ether oxygens (including phenoxy) is 1. The second kappa shape index (κ2) is 3.28. The Balaban J connectivity index is 2.39. The molecule has 4 heteroatoms. The molecule has 1 heterocycles. The molecule has 0 aromatic rings. The zero-order chi connectivity index (χ0) is 14.0. The molecule has 102 valence electrons. The summed E-state index contributed by atoms with van der Waals surface area (Å²) in [5.41, 5.74) is -2.32. The van der Waals surface area contributed by atoms with E-state index in [9.17, 15) is 9.59 Å². The van der Waals surface area contributed by atoms with Crippen molar-refractivity contribution in [2.75, 3.05) is 0 Å². The first-order valence-corrected chi connectivity index (χ1v) is 6.52. The topological polar surface area (TPSA) is 55.4 Å². The summed E-state index contributed by atoms with van der Waals surface area (Å²) < 4.78 is 5.52. The Morgan fingerprint density at radius 3 is 2.11 bits per heavy atom. The van der Waals surface area contributed by atoms with Gasteiger partial charge in [0.15, 0.2) is 5.60 Å². The Bertz CT molecular complexity index is 421. The largest absolute Gasteiger partial charge is 0.448 e. The van der Waals surface area contributed by atoms with Crippen LogP contribution in [0.3, 0.4) is 0 Å². The summed E-state index contributed by atoms with van der Waals surface area (Å²) in [6.45, 7) is 11.6. The van der Waals surface area contributed by atoms with Gasteiger partial charge in [-0.1, -0.05) is 13.8 Å². The van der Waals surface area contributed by atoms with E-state index in [2.05, 4.69) is 5.32 Å². The summed E-state index contributed by atoms with van der Waals surface area (Å²) >= 11 is 0. The predicted molar refractivity (Wildman–Crippen MR) is 67.8 cm³/mol. The number of hydrogen-bond acceptors (Lipinski definition) is 3. The van der Waals surface area contributed by atoms with E-state index in [0.717, 1.165) is 6.42 Å². The number of amides is 1. The van der Waals surface area contributed by atoms with Gasteiger partial charge < -0.3 is 10.1 Å². The lowest BCUT2D eigenvalue weighted by molar-refractivity contribution is -0.169. The van der Waals surface area contributed by atoms with Crippen LogP contribution in [0.5, 0.6) is 0 Å². The van der Waals surface area contributed by atoms with Gasteiger partial charge in [-0.25, -0.2) is 0 Å². The van der Waals surface area contributed by atoms with Gasteiger partial charge in [-0.05, 0) is 40.5 Å². The molecule has 18 heavy (non-hydrogen) atoms. The molecule has 2 rings (SSSR count). The van der Waals surface area contributed by atoms with Crippen LogP contribution in [0.4, 0.5) is 0 Å². The minimum Gasteiger partial charge on any atom is -0.448 e. The van der Waals surface area contributed by atoms with Gasteiger partial charge in [-0.3, -0.25) is 9.59 Å². The highest BCUT2D eigenvalue weighted by Crippen LogP contribution is 2.65. The number of fused-ring (bicyclic) bond motifs is 2. The van der Waals surface area contributed by atoms with Crippen LogP contribution < -0.4 is 5.32 Å². The van der Waals surface area contributed by atoms with E-state index in [1.54, 1.807) is 0 Å². The third-order valence-corrected chi connectivity index (χ3v) is 4.94. The Kier molecular flexibility index (Phi) is 2.44. The lowest BCUT2D eigenvalue weighted by atomic mass is 9.66. The van der Waals surface area contributed by atoms with Crippen LogP contribution in [0.15, 0.2) is 0 Å². The lowest BCUT2D eigenvalue weighted by Crippen LogP contribution is -2.57. The molecule has 1 aliphatic carbocycles. The maximum Gasteiger partial charge on any atom is 0.313 e. The van der Waals surface area contributed by atoms with E-state index in [1.165, 1.54) is 0 Å². The molecule has 2 atom stereocenters. The first-order valence-electron chi connectivity index (χ1n) is 6.52. The summed E-state index contributed by atoms with van der Waals surface area (Å²) in [6, 6.07) is 0. The van der Waals surface area contributed by atoms with Gasteiger partial charge in [0.05, 0.1) is 5.41 Å². The summed E-state index contributed by atoms with van der Waals surface area (Å²) in [6.07, 6.45) is 1.33. The Morgan fingerprint density at radius 2 is 1.78 bits per heavy atom. The summed E-state index contributed by atoms with van der Waals surface area (Å²) in [7, 11) is 0. The van der Waals surface area contributed by atoms with Gasteiger partial charge in [-0.2, -0.15) is 0 Å². The summed E-state index contributed by atoms with van der Waals surface area (Å²) in [4.78, 5) is 24.6. The molecule has 1 N–H and O–H groups in total. The highest BCUT2D eigenvalue weighted by Gasteiger charge is 2.75. The van der Waals surface area contributed by atoms with Crippen molar-refractivity contribution in [3.63, 3.8) is 0 Å². The van der Waals surface area contributed by atoms with Gasteiger partial charge in [-0.15, -0.1) is 0 Å². The van der Waals surface area contributed by atoms with E-state index in [0.29, 0.717) is 6.42 Å². The van der Waals surface area contributed by atoms with Crippen LogP contribution in [0, 0.1) is 10.8 Å². The number of nitrogens with one attached hydrogen (secondary N) is 1. The molecule has 1 saturated heterocycles. The van der Waals surface area contributed by atoms with Gasteiger partial charge in [0, 0.05) is 11.0 Å². The van der Waals surface area contributed by atoms with Gasteiger partial charge in [0.25, 0.3) is 5.91 Å². The van der Waals surface area contributed by atoms with Crippen LogP contribution in [0.25, 0.3) is 0 Å². The number of hydrogen-bond donors (Lipinski definition) is 1. The second-order valence-electron chi connectivity index (χ2n) is 7.38. The fourth-order valence-electron chi connectivity index (χ4n) is 3.19. The molecule has 0 aromatic heterocycles. The number of rotatable bonds is 1. The minimum absolute atomic E-state index is 0.158. The molecule has 1 amide bonds. The molecule has 2 aliphatic rings. The Labute approximate surface area is 108 Å². The van der Waals surface area contributed by atoms with Crippen LogP contribution in [-0.2, 0) is 14.3 Å². The molecule has 4 nitrogen and oxygen atoms in total. The summed E-state index contributed by atoms with van der Waals surface area (Å²) in [5.74, 6) is -0.391. The first kappa shape index (κ1) is 13.4. The van der Waals surface area contributed by atoms with Crippen molar-refractivity contribution in [1.29, 1.82) is 0 Å². The lowest BCUT2D eigenvalue weighted by Gasteiger charge is -2.37.